The Hall–Kier alpha value is -3.11. The number of pyridine rings is 2. The van der Waals surface area contributed by atoms with Gasteiger partial charge in [0, 0.05) is 48.5 Å². The maximum Gasteiger partial charge on any atom is 0.166 e. The van der Waals surface area contributed by atoms with Crippen molar-refractivity contribution in [3.8, 4) is 0 Å². The fourth-order valence-electron chi connectivity index (χ4n) is 5.19. The molecular weight excluding hydrogens is 564 g/mol. The molecular formula is C30H36Cl2FN7O. The Kier molecular flexibility index (Phi) is 9.96. The summed E-state index contributed by atoms with van der Waals surface area (Å²) in [4.78, 5) is 23.1. The number of piperidine rings is 1. The molecule has 11 heteroatoms. The van der Waals surface area contributed by atoms with Crippen LogP contribution in [-0.4, -0.2) is 65.6 Å². The first-order valence-electron chi connectivity index (χ1n) is 13.6. The van der Waals surface area contributed by atoms with Crippen molar-refractivity contribution in [1.82, 2.24) is 14.9 Å². The average Bonchev–Trinajstić information content (AvgIpc) is 2.93. The van der Waals surface area contributed by atoms with Crippen LogP contribution in [0.5, 0.6) is 0 Å². The van der Waals surface area contributed by atoms with Crippen LogP contribution < -0.4 is 16.4 Å². The molecule has 41 heavy (non-hydrogen) atoms. The van der Waals surface area contributed by atoms with Crippen LogP contribution in [0.15, 0.2) is 42.9 Å². The molecule has 8 nitrogen and oxygen atoms in total. The molecule has 5 rings (SSSR count). The van der Waals surface area contributed by atoms with E-state index < -0.39 is 11.4 Å². The summed E-state index contributed by atoms with van der Waals surface area (Å²) < 4.78 is 14.8. The number of nitrogens with two attached hydrogens (primary N) is 2. The lowest BCUT2D eigenvalue weighted by Gasteiger charge is -2.44. The van der Waals surface area contributed by atoms with Crippen molar-refractivity contribution in [3.63, 3.8) is 0 Å². The minimum atomic E-state index is -0.976. The quantitative estimate of drug-likeness (QED) is 0.196. The van der Waals surface area contributed by atoms with Crippen molar-refractivity contribution in [2.75, 3.05) is 43.9 Å². The monoisotopic (exact) mass is 599 g/mol. The maximum absolute atomic E-state index is 14.8. The molecule has 2 saturated heterocycles. The number of carbonyl (C=O) groups excluding carboxylic acids is 1. The van der Waals surface area contributed by atoms with Gasteiger partial charge in [0.25, 0.3) is 0 Å². The predicted octanol–water partition coefficient (Wildman–Crippen LogP) is 5.09. The lowest BCUT2D eigenvalue weighted by atomic mass is 9.91. The van der Waals surface area contributed by atoms with Crippen LogP contribution in [0.1, 0.15) is 54.4 Å². The number of hydrogen-bond acceptors (Lipinski definition) is 8. The van der Waals surface area contributed by atoms with Crippen LogP contribution in [0.25, 0.3) is 0 Å². The van der Waals surface area contributed by atoms with Crippen LogP contribution in [-0.2, 0) is 11.2 Å². The van der Waals surface area contributed by atoms with Gasteiger partial charge in [0.2, 0.25) is 0 Å². The number of nitrogen functional groups attached to an aromatic ring is 1. The summed E-state index contributed by atoms with van der Waals surface area (Å²) in [6.07, 6.45) is 10.1. The SMILES string of the molecule is CN1CCCCC1.C[C@@H](Cc1ccc(N)c(C(=N)c2cnc(N3CC(N)(C=O)C3)c(F)c2)c1)c1c(Cl)cncc1Cl. The molecule has 0 amide bonds. The van der Waals surface area contributed by atoms with Crippen LogP contribution >= 0.6 is 23.2 Å². The van der Waals surface area contributed by atoms with Gasteiger partial charge in [0.05, 0.1) is 15.8 Å². The van der Waals surface area contributed by atoms with E-state index in [-0.39, 0.29) is 36.1 Å². The second-order valence-corrected chi connectivity index (χ2v) is 11.8. The molecule has 0 saturated carbocycles. The third-order valence-corrected chi connectivity index (χ3v) is 8.11. The molecule has 2 aliphatic rings. The number of nitrogens with zero attached hydrogens (tertiary/aromatic N) is 4. The number of rotatable bonds is 7. The highest BCUT2D eigenvalue weighted by Crippen LogP contribution is 2.33. The van der Waals surface area contributed by atoms with E-state index in [2.05, 4.69) is 21.9 Å². The predicted molar refractivity (Wildman–Crippen MR) is 164 cm³/mol. The highest BCUT2D eigenvalue weighted by molar-refractivity contribution is 6.35. The number of nitrogens with one attached hydrogen (secondary N) is 1. The largest absolute Gasteiger partial charge is 0.398 e. The summed E-state index contributed by atoms with van der Waals surface area (Å²) in [7, 11) is 2.19. The Morgan fingerprint density at radius 2 is 1.80 bits per heavy atom. The van der Waals surface area contributed by atoms with Crippen molar-refractivity contribution < 1.29 is 9.18 Å². The van der Waals surface area contributed by atoms with Crippen molar-refractivity contribution in [3.05, 3.63) is 81.0 Å². The van der Waals surface area contributed by atoms with Crippen molar-refractivity contribution >= 4 is 46.7 Å². The zero-order chi connectivity index (χ0) is 29.7. The first kappa shape index (κ1) is 30.8. The summed E-state index contributed by atoms with van der Waals surface area (Å²) in [5.74, 6) is -0.508. The van der Waals surface area contributed by atoms with Crippen LogP contribution in [0.4, 0.5) is 15.9 Å². The van der Waals surface area contributed by atoms with E-state index in [1.54, 1.807) is 23.4 Å². The van der Waals surface area contributed by atoms with E-state index in [0.29, 0.717) is 34.0 Å². The van der Waals surface area contributed by atoms with Gasteiger partial charge in [-0.2, -0.15) is 0 Å². The minimum absolute atomic E-state index is 0.00962. The van der Waals surface area contributed by atoms with E-state index in [1.807, 2.05) is 19.1 Å². The fraction of sp³-hybridized carbons (Fsp3) is 0.400. The third-order valence-electron chi connectivity index (χ3n) is 7.51. The summed E-state index contributed by atoms with van der Waals surface area (Å²) in [5, 5.41) is 9.62. The highest BCUT2D eigenvalue weighted by atomic mass is 35.5. The van der Waals surface area contributed by atoms with Crippen molar-refractivity contribution in [2.45, 2.75) is 44.1 Å². The maximum atomic E-state index is 14.8. The van der Waals surface area contributed by atoms with Gasteiger partial charge in [-0.15, -0.1) is 0 Å². The summed E-state index contributed by atoms with van der Waals surface area (Å²) in [6, 6.07) is 6.66. The van der Waals surface area contributed by atoms with Gasteiger partial charge in [-0.3, -0.25) is 10.4 Å². The Labute approximate surface area is 250 Å². The second-order valence-electron chi connectivity index (χ2n) is 11.0. The molecule has 5 N–H and O–H groups in total. The van der Waals surface area contributed by atoms with Gasteiger partial charge in [0.1, 0.15) is 11.8 Å². The first-order valence-corrected chi connectivity index (χ1v) is 14.4. The standard InChI is InChI=1S/C24H23Cl2FN6O.C6H13N/c1-13(21-17(25)8-31-9-18(21)26)4-14-2-3-20(28)16(5-14)22(29)15-6-19(27)23(32-7-15)33-10-24(30,11-33)12-34;1-7-5-3-2-4-6-7/h2-3,5-9,12-13,29H,4,10-11,28,30H2,1H3;2-6H2,1H3/t13-;/m0./s1. The molecule has 218 valence electrons. The van der Waals surface area contributed by atoms with E-state index in [1.165, 1.54) is 44.6 Å². The number of aldehydes is 1. The van der Waals surface area contributed by atoms with Crippen LogP contribution in [0.2, 0.25) is 10.0 Å². The Bertz CT molecular complexity index is 1390. The van der Waals surface area contributed by atoms with Gasteiger partial charge in [0.15, 0.2) is 11.6 Å². The van der Waals surface area contributed by atoms with E-state index in [4.69, 9.17) is 40.1 Å². The number of carbonyl (C=O) groups is 1. The topological polar surface area (TPSA) is 125 Å². The molecule has 2 aromatic heterocycles. The lowest BCUT2D eigenvalue weighted by molar-refractivity contribution is -0.113. The summed E-state index contributed by atoms with van der Waals surface area (Å²) in [5.41, 5.74) is 13.9. The average molecular weight is 601 g/mol. The van der Waals surface area contributed by atoms with Gasteiger partial charge in [-0.25, -0.2) is 9.37 Å². The smallest absolute Gasteiger partial charge is 0.166 e. The van der Waals surface area contributed by atoms with Gasteiger partial charge < -0.3 is 26.1 Å². The number of benzene rings is 1. The molecule has 3 aromatic rings. The fourth-order valence-corrected chi connectivity index (χ4v) is 5.93. The zero-order valence-electron chi connectivity index (χ0n) is 23.3. The molecule has 2 aliphatic heterocycles. The van der Waals surface area contributed by atoms with Gasteiger partial charge in [-0.05, 0) is 74.6 Å². The molecule has 0 spiro atoms. The summed E-state index contributed by atoms with van der Waals surface area (Å²) in [6.45, 7) is 5.02. The van der Waals surface area contributed by atoms with E-state index >= 15 is 0 Å². The number of likely N-dealkylation sites (tertiary alicyclic amines) is 1. The molecule has 4 heterocycles. The van der Waals surface area contributed by atoms with Crippen molar-refractivity contribution in [2.24, 2.45) is 5.73 Å². The molecule has 0 bridgehead atoms. The Morgan fingerprint density at radius 3 is 2.37 bits per heavy atom. The van der Waals surface area contributed by atoms with E-state index in [0.717, 1.165) is 11.1 Å². The van der Waals surface area contributed by atoms with Crippen LogP contribution in [0.3, 0.4) is 0 Å². The van der Waals surface area contributed by atoms with Gasteiger partial charge in [-0.1, -0.05) is 42.6 Å². The van der Waals surface area contributed by atoms with Crippen LogP contribution in [0, 0.1) is 11.2 Å². The molecule has 0 aliphatic carbocycles. The zero-order valence-corrected chi connectivity index (χ0v) is 24.9. The molecule has 0 unspecified atom stereocenters. The first-order chi connectivity index (χ1) is 19.5. The van der Waals surface area contributed by atoms with Gasteiger partial charge >= 0.3 is 0 Å². The number of halogens is 3. The molecule has 1 atom stereocenters. The molecule has 0 radical (unpaired) electrons. The number of anilines is 2. The lowest BCUT2D eigenvalue weighted by Crippen LogP contribution is -2.69. The molecule has 2 fully saturated rings. The number of aromatic nitrogens is 2. The normalized spacial score (nSPS) is 17.2. The number of hydrogen-bond donors (Lipinski definition) is 3. The minimum Gasteiger partial charge on any atom is -0.398 e. The Balaban J connectivity index is 0.000000483. The summed E-state index contributed by atoms with van der Waals surface area (Å²) >= 11 is 12.6. The second kappa shape index (κ2) is 13.2. The van der Waals surface area contributed by atoms with E-state index in [9.17, 15) is 9.18 Å². The third kappa shape index (κ3) is 7.40. The van der Waals surface area contributed by atoms with Crippen molar-refractivity contribution in [1.29, 1.82) is 5.41 Å². The Morgan fingerprint density at radius 1 is 1.15 bits per heavy atom. The highest BCUT2D eigenvalue weighted by Gasteiger charge is 2.41. The molecule has 1 aromatic carbocycles.